The van der Waals surface area contributed by atoms with E-state index in [0.29, 0.717) is 14.9 Å². The molecule has 2 aliphatic rings. The van der Waals surface area contributed by atoms with E-state index in [1.165, 1.54) is 17.8 Å². The minimum Gasteiger partial charge on any atom is -0.277 e. The zero-order chi connectivity index (χ0) is 18.8. The van der Waals surface area contributed by atoms with Crippen LogP contribution in [-0.4, -0.2) is 26.2 Å². The Kier molecular flexibility index (Phi) is 3.97. The van der Waals surface area contributed by atoms with Crippen molar-refractivity contribution in [2.75, 3.05) is 0 Å². The molecule has 1 spiro atoms. The zero-order valence-corrected chi connectivity index (χ0v) is 17.0. The molecule has 1 aliphatic heterocycles. The smallest absolute Gasteiger partial charge is 0.138 e. The van der Waals surface area contributed by atoms with Gasteiger partial charge in [-0.25, -0.2) is 4.68 Å². The molecule has 4 nitrogen and oxygen atoms in total. The quantitative estimate of drug-likeness (QED) is 0.487. The predicted octanol–water partition coefficient (Wildman–Crippen LogP) is 6.03. The van der Waals surface area contributed by atoms with E-state index in [0.717, 1.165) is 40.0 Å². The molecule has 1 fully saturated rings. The molecule has 8 heteroatoms. The first kappa shape index (κ1) is 17.4. The van der Waals surface area contributed by atoms with E-state index in [4.69, 9.17) is 16.6 Å². The fourth-order valence-corrected chi connectivity index (χ4v) is 6.11. The van der Waals surface area contributed by atoms with Gasteiger partial charge in [0.2, 0.25) is 0 Å². The van der Waals surface area contributed by atoms with Crippen molar-refractivity contribution in [1.29, 1.82) is 0 Å². The lowest BCUT2D eigenvalue weighted by Gasteiger charge is -2.37. The van der Waals surface area contributed by atoms with Gasteiger partial charge in [-0.3, -0.25) is 4.99 Å². The predicted molar refractivity (Wildman–Crippen MR) is 110 cm³/mol. The van der Waals surface area contributed by atoms with Crippen molar-refractivity contribution in [3.8, 4) is 5.00 Å². The van der Waals surface area contributed by atoms with E-state index in [9.17, 15) is 3.89 Å². The Morgan fingerprint density at radius 1 is 1.37 bits per heavy atom. The summed E-state index contributed by atoms with van der Waals surface area (Å²) in [5.74, 6) is 0.110. The maximum Gasteiger partial charge on any atom is 0.138 e. The second-order valence-corrected chi connectivity index (χ2v) is 9.02. The number of aromatic nitrogens is 3. The van der Waals surface area contributed by atoms with Crippen LogP contribution in [0, 0.1) is 5.92 Å². The summed E-state index contributed by atoms with van der Waals surface area (Å²) in [5.41, 5.74) is 3.51. The second kappa shape index (κ2) is 6.15. The average molecular weight is 419 g/mol. The van der Waals surface area contributed by atoms with Crippen LogP contribution in [0.2, 0.25) is 5.02 Å². The summed E-state index contributed by atoms with van der Waals surface area (Å²) in [6.07, 6.45) is 3.24. The van der Waals surface area contributed by atoms with Crippen molar-refractivity contribution < 1.29 is 3.89 Å². The average Bonchev–Trinajstić information content (AvgIpc) is 3.28. The highest BCUT2D eigenvalue weighted by Gasteiger charge is 2.47. The van der Waals surface area contributed by atoms with E-state index >= 15 is 0 Å². The van der Waals surface area contributed by atoms with Gasteiger partial charge in [0.25, 0.3) is 0 Å². The molecule has 5 rings (SSSR count). The van der Waals surface area contributed by atoms with E-state index in [1.807, 2.05) is 24.3 Å². The highest BCUT2D eigenvalue weighted by Crippen LogP contribution is 2.52. The Bertz CT molecular complexity index is 1110. The van der Waals surface area contributed by atoms with Gasteiger partial charge in [0.1, 0.15) is 10.5 Å². The summed E-state index contributed by atoms with van der Waals surface area (Å²) < 4.78 is 15.5. The summed E-state index contributed by atoms with van der Waals surface area (Å²) >= 11 is 8.18. The Morgan fingerprint density at radius 3 is 2.81 bits per heavy atom. The molecule has 138 valence electrons. The van der Waals surface area contributed by atoms with Gasteiger partial charge < -0.3 is 0 Å². The minimum absolute atomic E-state index is 0.110. The summed E-state index contributed by atoms with van der Waals surface area (Å²) in [5, 5.41) is 9.44. The molecule has 1 aromatic carbocycles. The molecule has 1 aliphatic carbocycles. The third kappa shape index (κ3) is 2.38. The van der Waals surface area contributed by atoms with Gasteiger partial charge in [-0.05, 0) is 37.0 Å². The van der Waals surface area contributed by atoms with Crippen LogP contribution in [0.15, 0.2) is 46.3 Å². The number of fused-ring (bicyclic) bond motifs is 1. The fourth-order valence-electron chi connectivity index (χ4n) is 3.93. The summed E-state index contributed by atoms with van der Waals surface area (Å²) in [6.45, 7) is 6.40. The van der Waals surface area contributed by atoms with Gasteiger partial charge in [0.15, 0.2) is 0 Å². The number of benzene rings is 1. The number of hydrogen-bond donors (Lipinski definition) is 0. The molecule has 3 aromatic rings. The Labute approximate surface area is 169 Å². The molecule has 0 radical (unpaired) electrons. The number of para-hydroxylation sites is 1. The number of nitrogens with zero attached hydrogens (tertiary/aromatic N) is 4. The largest absolute Gasteiger partial charge is 0.277 e. The van der Waals surface area contributed by atoms with Crippen molar-refractivity contribution in [2.24, 2.45) is 10.9 Å². The SMILES string of the molecule is C=C1C(C)C(c2sc(-n3nnc4ccccc43)c(SF)c2Cl)=NC12CCC2. The van der Waals surface area contributed by atoms with Gasteiger partial charge in [-0.15, -0.1) is 16.4 Å². The maximum absolute atomic E-state index is 13.9. The van der Waals surface area contributed by atoms with Crippen LogP contribution in [0.4, 0.5) is 3.89 Å². The standard InChI is InChI=1S/C19H16ClFN4S2/c1-10-11(2)19(8-5-9-19)22-15(10)16-14(20)17(27-21)18(26-16)25-13-7-4-3-6-12(13)23-24-25/h3-4,6-7,10H,2,5,8-9H2,1H3. The van der Waals surface area contributed by atoms with Crippen LogP contribution >= 0.6 is 35.1 Å². The molecule has 1 saturated carbocycles. The van der Waals surface area contributed by atoms with Crippen LogP contribution in [0.5, 0.6) is 0 Å². The molecular formula is C19H16ClFN4S2. The molecule has 2 aromatic heterocycles. The summed E-state index contributed by atoms with van der Waals surface area (Å²) in [7, 11) is 0. The first-order valence-corrected chi connectivity index (χ1v) is 10.7. The number of thiophene rings is 1. The topological polar surface area (TPSA) is 43.1 Å². The normalized spacial score (nSPS) is 21.1. The van der Waals surface area contributed by atoms with Crippen LogP contribution in [0.25, 0.3) is 16.0 Å². The van der Waals surface area contributed by atoms with Gasteiger partial charge in [-0.1, -0.05) is 42.4 Å². The van der Waals surface area contributed by atoms with E-state index < -0.39 is 0 Å². The lowest BCUT2D eigenvalue weighted by Crippen LogP contribution is -2.34. The number of halogens is 2. The first-order valence-electron chi connectivity index (χ1n) is 8.77. The first-order chi connectivity index (χ1) is 13.1. The highest BCUT2D eigenvalue weighted by molar-refractivity contribution is 7.94. The van der Waals surface area contributed by atoms with Crippen molar-refractivity contribution in [1.82, 2.24) is 15.0 Å². The maximum atomic E-state index is 13.9. The van der Waals surface area contributed by atoms with Gasteiger partial charge in [0, 0.05) is 5.92 Å². The Balaban J connectivity index is 1.68. The lowest BCUT2D eigenvalue weighted by molar-refractivity contribution is 0.304. The van der Waals surface area contributed by atoms with Crippen LogP contribution in [-0.2, 0) is 0 Å². The molecule has 3 heterocycles. The van der Waals surface area contributed by atoms with E-state index in [2.05, 4.69) is 23.8 Å². The van der Waals surface area contributed by atoms with Crippen molar-refractivity contribution >= 4 is 51.8 Å². The Hall–Kier alpha value is -1.70. The van der Waals surface area contributed by atoms with Crippen LogP contribution < -0.4 is 0 Å². The zero-order valence-electron chi connectivity index (χ0n) is 14.6. The summed E-state index contributed by atoms with van der Waals surface area (Å²) in [4.78, 5) is 6.19. The number of aliphatic imine (C=N–C) groups is 1. The molecule has 0 saturated heterocycles. The highest BCUT2D eigenvalue weighted by atomic mass is 35.5. The minimum atomic E-state index is -0.134. The molecule has 1 unspecified atom stereocenters. The molecule has 27 heavy (non-hydrogen) atoms. The molecular weight excluding hydrogens is 403 g/mol. The molecule has 0 bridgehead atoms. The Morgan fingerprint density at radius 2 is 2.15 bits per heavy atom. The van der Waals surface area contributed by atoms with E-state index in [-0.39, 0.29) is 23.6 Å². The third-order valence-corrected chi connectivity index (χ3v) is 8.16. The fraction of sp³-hybridized carbons (Fsp3) is 0.316. The molecule has 0 amide bonds. The third-order valence-electron chi connectivity index (χ3n) is 5.69. The lowest BCUT2D eigenvalue weighted by atomic mass is 9.71. The van der Waals surface area contributed by atoms with Crippen LogP contribution in [0.3, 0.4) is 0 Å². The van der Waals surface area contributed by atoms with Gasteiger partial charge in [0.05, 0.1) is 43.7 Å². The molecule has 1 atom stereocenters. The summed E-state index contributed by atoms with van der Waals surface area (Å²) in [6, 6.07) is 7.60. The second-order valence-electron chi connectivity index (χ2n) is 7.08. The number of hydrogen-bond acceptors (Lipinski definition) is 5. The molecule has 0 N–H and O–H groups in total. The van der Waals surface area contributed by atoms with Gasteiger partial charge in [-0.2, -0.15) is 3.89 Å². The van der Waals surface area contributed by atoms with E-state index in [1.54, 1.807) is 4.68 Å². The monoisotopic (exact) mass is 418 g/mol. The van der Waals surface area contributed by atoms with Gasteiger partial charge >= 0.3 is 0 Å². The van der Waals surface area contributed by atoms with Crippen molar-refractivity contribution in [3.05, 3.63) is 46.3 Å². The van der Waals surface area contributed by atoms with Crippen molar-refractivity contribution in [2.45, 2.75) is 36.6 Å². The van der Waals surface area contributed by atoms with Crippen molar-refractivity contribution in [3.63, 3.8) is 0 Å². The van der Waals surface area contributed by atoms with Crippen LogP contribution in [0.1, 0.15) is 31.1 Å². The number of rotatable bonds is 3.